The average Bonchev–Trinajstić information content (AvgIpc) is 2.76. The van der Waals surface area contributed by atoms with Gasteiger partial charge in [0.25, 0.3) is 5.91 Å². The van der Waals surface area contributed by atoms with Gasteiger partial charge >= 0.3 is 0 Å². The quantitative estimate of drug-likeness (QED) is 0.413. The van der Waals surface area contributed by atoms with Gasteiger partial charge in [-0.3, -0.25) is 9.78 Å². The number of carbonyl (C=O) groups is 1. The highest BCUT2D eigenvalue weighted by Crippen LogP contribution is 2.24. The predicted octanol–water partition coefficient (Wildman–Crippen LogP) is 4.68. The van der Waals surface area contributed by atoms with Crippen molar-refractivity contribution in [3.8, 4) is 11.3 Å². The maximum Gasteiger partial charge on any atom is 0.272 e. The number of carbonyl (C=O) groups excluding carboxylic acids is 1. The molecule has 5 heteroatoms. The number of hydrogen-bond donors (Lipinski definition) is 1. The van der Waals surface area contributed by atoms with Crippen LogP contribution in [0.2, 0.25) is 0 Å². The highest BCUT2D eigenvalue weighted by Gasteiger charge is 2.13. The number of hydrazone groups is 1. The zero-order valence-corrected chi connectivity index (χ0v) is 16.3. The molecular weight excluding hydrogens is 360 g/mol. The van der Waals surface area contributed by atoms with Crippen LogP contribution in [0.25, 0.3) is 22.2 Å². The van der Waals surface area contributed by atoms with Crippen LogP contribution in [0.4, 0.5) is 0 Å². The monoisotopic (exact) mass is 380 g/mol. The van der Waals surface area contributed by atoms with Crippen molar-refractivity contribution in [2.75, 3.05) is 0 Å². The van der Waals surface area contributed by atoms with E-state index < -0.39 is 0 Å². The molecule has 2 aromatic heterocycles. The normalized spacial score (nSPS) is 11.1. The molecular formula is C24H20N4O. The van der Waals surface area contributed by atoms with Crippen molar-refractivity contribution in [3.63, 3.8) is 0 Å². The summed E-state index contributed by atoms with van der Waals surface area (Å²) in [5.74, 6) is -0.282. The molecule has 0 aliphatic rings. The number of hydrogen-bond acceptors (Lipinski definition) is 4. The van der Waals surface area contributed by atoms with Gasteiger partial charge in [-0.2, -0.15) is 5.10 Å². The first-order valence-electron chi connectivity index (χ1n) is 9.32. The van der Waals surface area contributed by atoms with Crippen LogP contribution in [0.3, 0.4) is 0 Å². The van der Waals surface area contributed by atoms with E-state index in [0.717, 1.165) is 33.2 Å². The predicted molar refractivity (Wildman–Crippen MR) is 116 cm³/mol. The van der Waals surface area contributed by atoms with E-state index in [0.29, 0.717) is 11.3 Å². The zero-order valence-electron chi connectivity index (χ0n) is 16.3. The SMILES string of the molecule is Cc1ccc(C)c(C=NNC(=O)c2cc(-c3cccnc3)nc3ccccc23)c1. The van der Waals surface area contributed by atoms with Crippen LogP contribution in [0.15, 0.2) is 78.2 Å². The van der Waals surface area contributed by atoms with Crippen LogP contribution in [0, 0.1) is 13.8 Å². The number of rotatable bonds is 4. The number of fused-ring (bicyclic) bond motifs is 1. The molecule has 0 spiro atoms. The fraction of sp³-hybridized carbons (Fsp3) is 0.0833. The van der Waals surface area contributed by atoms with Gasteiger partial charge < -0.3 is 0 Å². The Hall–Kier alpha value is -3.86. The van der Waals surface area contributed by atoms with E-state index in [1.54, 1.807) is 24.7 Å². The Morgan fingerprint density at radius 1 is 1.03 bits per heavy atom. The lowest BCUT2D eigenvalue weighted by atomic mass is 10.0. The molecule has 0 unspecified atom stereocenters. The highest BCUT2D eigenvalue weighted by molar-refractivity contribution is 6.07. The molecule has 29 heavy (non-hydrogen) atoms. The van der Waals surface area contributed by atoms with Crippen LogP contribution in [0.5, 0.6) is 0 Å². The number of aromatic nitrogens is 2. The first-order valence-corrected chi connectivity index (χ1v) is 9.32. The van der Waals surface area contributed by atoms with Gasteiger partial charge in [0.05, 0.1) is 23.0 Å². The molecule has 0 bridgehead atoms. The lowest BCUT2D eigenvalue weighted by Gasteiger charge is -2.09. The van der Waals surface area contributed by atoms with Gasteiger partial charge in [0.15, 0.2) is 0 Å². The standard InChI is InChI=1S/C24H20N4O/c1-16-9-10-17(2)19(12-16)15-26-28-24(29)21-13-23(18-6-5-11-25-14-18)27-22-8-4-3-7-20(21)22/h3-15H,1-2H3,(H,28,29). The van der Waals surface area contributed by atoms with Crippen molar-refractivity contribution in [1.82, 2.24) is 15.4 Å². The second-order valence-electron chi connectivity index (χ2n) is 6.87. The van der Waals surface area contributed by atoms with Crippen molar-refractivity contribution in [1.29, 1.82) is 0 Å². The molecule has 142 valence electrons. The molecule has 0 fully saturated rings. The largest absolute Gasteiger partial charge is 0.272 e. The van der Waals surface area contributed by atoms with E-state index in [1.165, 1.54) is 0 Å². The Morgan fingerprint density at radius 2 is 1.90 bits per heavy atom. The Labute approximate surface area is 169 Å². The first-order chi connectivity index (χ1) is 14.1. The van der Waals surface area contributed by atoms with Crippen LogP contribution >= 0.6 is 0 Å². The summed E-state index contributed by atoms with van der Waals surface area (Å²) >= 11 is 0. The Balaban J connectivity index is 1.68. The van der Waals surface area contributed by atoms with Gasteiger partial charge in [-0.1, -0.05) is 42.0 Å². The summed E-state index contributed by atoms with van der Waals surface area (Å²) < 4.78 is 0. The van der Waals surface area contributed by atoms with Gasteiger partial charge in [-0.05, 0) is 49.2 Å². The Kier molecular flexibility index (Phi) is 5.12. The minimum atomic E-state index is -0.282. The molecule has 5 nitrogen and oxygen atoms in total. The van der Waals surface area contributed by atoms with Crippen molar-refractivity contribution in [3.05, 3.63) is 95.3 Å². The Bertz CT molecular complexity index is 1220. The summed E-state index contributed by atoms with van der Waals surface area (Å²) in [6.45, 7) is 4.04. The van der Waals surface area contributed by atoms with Crippen molar-refractivity contribution in [2.24, 2.45) is 5.10 Å². The second-order valence-corrected chi connectivity index (χ2v) is 6.87. The number of nitrogens with zero attached hydrogens (tertiary/aromatic N) is 3. The van der Waals surface area contributed by atoms with E-state index >= 15 is 0 Å². The maximum atomic E-state index is 12.9. The van der Waals surface area contributed by atoms with E-state index in [-0.39, 0.29) is 5.91 Å². The van der Waals surface area contributed by atoms with Gasteiger partial charge in [0.2, 0.25) is 0 Å². The number of aryl methyl sites for hydroxylation is 2. The summed E-state index contributed by atoms with van der Waals surface area (Å²) in [4.78, 5) is 21.7. The number of para-hydroxylation sites is 1. The number of benzene rings is 2. The number of pyridine rings is 2. The molecule has 2 heterocycles. The smallest absolute Gasteiger partial charge is 0.267 e. The van der Waals surface area contributed by atoms with Crippen LogP contribution in [0.1, 0.15) is 27.0 Å². The van der Waals surface area contributed by atoms with E-state index in [4.69, 9.17) is 0 Å². The number of amides is 1. The van der Waals surface area contributed by atoms with E-state index in [2.05, 4.69) is 20.5 Å². The third-order valence-electron chi connectivity index (χ3n) is 4.72. The van der Waals surface area contributed by atoms with Gasteiger partial charge in [0, 0.05) is 23.3 Å². The second kappa shape index (κ2) is 8.02. The molecule has 1 N–H and O–H groups in total. The minimum absolute atomic E-state index is 0.282. The molecule has 0 atom stereocenters. The summed E-state index contributed by atoms with van der Waals surface area (Å²) in [6.07, 6.45) is 5.11. The molecule has 4 aromatic rings. The zero-order chi connectivity index (χ0) is 20.2. The topological polar surface area (TPSA) is 67.2 Å². The highest BCUT2D eigenvalue weighted by atomic mass is 16.2. The van der Waals surface area contributed by atoms with Crippen molar-refractivity contribution in [2.45, 2.75) is 13.8 Å². The van der Waals surface area contributed by atoms with E-state index in [9.17, 15) is 4.79 Å². The average molecular weight is 380 g/mol. The summed E-state index contributed by atoms with van der Waals surface area (Å²) in [7, 11) is 0. The van der Waals surface area contributed by atoms with Crippen molar-refractivity contribution < 1.29 is 4.79 Å². The summed E-state index contributed by atoms with van der Waals surface area (Å²) in [5.41, 5.74) is 8.68. The molecule has 1 amide bonds. The molecule has 0 saturated carbocycles. The fourth-order valence-electron chi connectivity index (χ4n) is 3.15. The molecule has 4 rings (SSSR count). The third-order valence-corrected chi connectivity index (χ3v) is 4.72. The van der Waals surface area contributed by atoms with Gasteiger partial charge in [0.1, 0.15) is 0 Å². The van der Waals surface area contributed by atoms with Gasteiger partial charge in [-0.25, -0.2) is 10.4 Å². The summed E-state index contributed by atoms with van der Waals surface area (Å²) in [6, 6.07) is 19.3. The molecule has 0 aliphatic carbocycles. The molecule has 0 radical (unpaired) electrons. The molecule has 0 aliphatic heterocycles. The van der Waals surface area contributed by atoms with Crippen molar-refractivity contribution >= 4 is 23.0 Å². The lowest BCUT2D eigenvalue weighted by molar-refractivity contribution is 0.0956. The Morgan fingerprint density at radius 3 is 2.72 bits per heavy atom. The fourth-order valence-corrected chi connectivity index (χ4v) is 3.15. The van der Waals surface area contributed by atoms with E-state index in [1.807, 2.05) is 68.4 Å². The van der Waals surface area contributed by atoms with Crippen LogP contribution in [-0.2, 0) is 0 Å². The third kappa shape index (κ3) is 4.04. The first kappa shape index (κ1) is 18.5. The summed E-state index contributed by atoms with van der Waals surface area (Å²) in [5, 5.41) is 4.95. The van der Waals surface area contributed by atoms with Crippen LogP contribution in [-0.4, -0.2) is 22.1 Å². The minimum Gasteiger partial charge on any atom is -0.267 e. The molecule has 2 aromatic carbocycles. The van der Waals surface area contributed by atoms with Crippen LogP contribution < -0.4 is 5.43 Å². The maximum absolute atomic E-state index is 12.9. The lowest BCUT2D eigenvalue weighted by Crippen LogP contribution is -2.18. The van der Waals surface area contributed by atoms with Gasteiger partial charge in [-0.15, -0.1) is 0 Å². The molecule has 0 saturated heterocycles. The number of nitrogens with one attached hydrogen (secondary N) is 1.